The minimum absolute atomic E-state index is 0.0846. The zero-order valence-electron chi connectivity index (χ0n) is 19.8. The van der Waals surface area contributed by atoms with Crippen LogP contribution in [0.5, 0.6) is 11.5 Å². The van der Waals surface area contributed by atoms with Gasteiger partial charge in [0, 0.05) is 68.6 Å². The van der Waals surface area contributed by atoms with Gasteiger partial charge in [-0.3, -0.25) is 9.78 Å². The number of rotatable bonds is 9. The Morgan fingerprint density at radius 3 is 2.78 bits per heavy atom. The number of methoxy groups -OCH3 is 1. The van der Waals surface area contributed by atoms with Crippen LogP contribution in [0.3, 0.4) is 0 Å². The van der Waals surface area contributed by atoms with E-state index < -0.39 is 11.9 Å². The van der Waals surface area contributed by atoms with Gasteiger partial charge in [0.25, 0.3) is 0 Å². The number of nitrogens with two attached hydrogens (primary N) is 1. The Labute approximate surface area is 211 Å². The zero-order valence-corrected chi connectivity index (χ0v) is 20.6. The molecule has 3 aromatic rings. The van der Waals surface area contributed by atoms with Crippen molar-refractivity contribution < 1.29 is 28.6 Å². The number of fused-ring (bicyclic) bond motifs is 1. The molecule has 9 nitrogen and oxygen atoms in total. The van der Waals surface area contributed by atoms with E-state index in [0.717, 1.165) is 20.7 Å². The van der Waals surface area contributed by atoms with Crippen LogP contribution >= 0.6 is 11.3 Å². The first-order chi connectivity index (χ1) is 17.4. The van der Waals surface area contributed by atoms with E-state index >= 15 is 0 Å². The normalized spacial score (nSPS) is 13.5. The summed E-state index contributed by atoms with van der Waals surface area (Å²) in [5.41, 5.74) is 7.78. The zero-order chi connectivity index (χ0) is 25.7. The highest BCUT2D eigenvalue weighted by Gasteiger charge is 2.21. The highest BCUT2D eigenvalue weighted by Crippen LogP contribution is 2.39. The molecule has 2 aromatic heterocycles. The first-order valence-corrected chi connectivity index (χ1v) is 12.2. The van der Waals surface area contributed by atoms with Crippen molar-refractivity contribution in [2.24, 2.45) is 0 Å². The third-order valence-corrected chi connectivity index (χ3v) is 7.08. The number of anilines is 1. The molecule has 4 rings (SSSR count). The van der Waals surface area contributed by atoms with Gasteiger partial charge in [0.15, 0.2) is 11.6 Å². The van der Waals surface area contributed by atoms with Gasteiger partial charge < -0.3 is 30.1 Å². The standard InChI is InChI=1S/C25H27FN4O5S/c1-34-13-12-30(25(32)33)11-7-23(31)29-9-5-16(6-10-29)22-15-19-24(36-22)21(4-8-28-19)35-20-3-2-17(27)14-18(20)26/h2-5,8,14-15H,6-7,9-13,27H2,1H3,(H,32,33). The fourth-order valence-corrected chi connectivity index (χ4v) is 5.02. The molecule has 0 bridgehead atoms. The average Bonchev–Trinajstić information content (AvgIpc) is 3.31. The van der Waals surface area contributed by atoms with E-state index in [0.29, 0.717) is 30.9 Å². The number of halogens is 1. The molecule has 0 radical (unpaired) electrons. The van der Waals surface area contributed by atoms with Gasteiger partial charge in [-0.15, -0.1) is 11.3 Å². The SMILES string of the molecule is COCCN(CCC(=O)N1CC=C(c2cc3nccc(Oc4ccc(N)cc4F)c3s2)CC1)C(=O)O. The summed E-state index contributed by atoms with van der Waals surface area (Å²) in [5, 5.41) is 9.27. The Balaban J connectivity index is 1.42. The first kappa shape index (κ1) is 25.4. The molecule has 0 fully saturated rings. The molecule has 2 amide bonds. The number of thiophene rings is 1. The summed E-state index contributed by atoms with van der Waals surface area (Å²) in [4.78, 5) is 32.3. The largest absolute Gasteiger partial charge is 0.465 e. The Morgan fingerprint density at radius 2 is 2.08 bits per heavy atom. The molecule has 36 heavy (non-hydrogen) atoms. The van der Waals surface area contributed by atoms with Gasteiger partial charge in [0.2, 0.25) is 5.91 Å². The van der Waals surface area contributed by atoms with Gasteiger partial charge in [-0.05, 0) is 30.2 Å². The highest BCUT2D eigenvalue weighted by molar-refractivity contribution is 7.20. The van der Waals surface area contributed by atoms with E-state index in [-0.39, 0.29) is 37.8 Å². The summed E-state index contributed by atoms with van der Waals surface area (Å²) in [6.07, 6.45) is 3.34. The van der Waals surface area contributed by atoms with Crippen LogP contribution < -0.4 is 10.5 Å². The number of hydrogen-bond acceptors (Lipinski definition) is 7. The quantitative estimate of drug-likeness (QED) is 0.405. The minimum atomic E-state index is -1.07. The number of carbonyl (C=O) groups excluding carboxylic acids is 1. The molecule has 3 heterocycles. The minimum Gasteiger partial charge on any atom is -0.465 e. The predicted octanol–water partition coefficient (Wildman–Crippen LogP) is 4.44. The van der Waals surface area contributed by atoms with Gasteiger partial charge in [-0.2, -0.15) is 0 Å². The maximum atomic E-state index is 14.2. The lowest BCUT2D eigenvalue weighted by Crippen LogP contribution is -2.39. The number of pyridine rings is 1. The lowest BCUT2D eigenvalue weighted by molar-refractivity contribution is -0.131. The number of benzene rings is 1. The van der Waals surface area contributed by atoms with Crippen molar-refractivity contribution in [1.29, 1.82) is 0 Å². The lowest BCUT2D eigenvalue weighted by atomic mass is 10.1. The summed E-state index contributed by atoms with van der Waals surface area (Å²) in [6.45, 7) is 1.62. The second-order valence-corrected chi connectivity index (χ2v) is 9.31. The Kier molecular flexibility index (Phi) is 8.01. The smallest absolute Gasteiger partial charge is 0.407 e. The first-order valence-electron chi connectivity index (χ1n) is 11.4. The molecular weight excluding hydrogens is 487 g/mol. The third kappa shape index (κ3) is 5.92. The van der Waals surface area contributed by atoms with Crippen molar-refractivity contribution in [2.75, 3.05) is 45.6 Å². The summed E-state index contributed by atoms with van der Waals surface area (Å²) >= 11 is 1.50. The maximum Gasteiger partial charge on any atom is 0.407 e. The highest BCUT2D eigenvalue weighted by atomic mass is 32.1. The van der Waals surface area contributed by atoms with Crippen LogP contribution in [0, 0.1) is 5.82 Å². The van der Waals surface area contributed by atoms with Crippen LogP contribution in [0.2, 0.25) is 0 Å². The topological polar surface area (TPSA) is 118 Å². The molecular formula is C25H27FN4O5S. The summed E-state index contributed by atoms with van der Waals surface area (Å²) < 4.78 is 25.8. The summed E-state index contributed by atoms with van der Waals surface area (Å²) in [7, 11) is 1.50. The average molecular weight is 515 g/mol. The molecule has 1 aliphatic heterocycles. The number of amides is 2. The van der Waals surface area contributed by atoms with E-state index in [1.807, 2.05) is 12.1 Å². The number of ether oxygens (including phenoxy) is 2. The molecule has 0 atom stereocenters. The van der Waals surface area contributed by atoms with Crippen LogP contribution in [0.4, 0.5) is 14.9 Å². The lowest BCUT2D eigenvalue weighted by Gasteiger charge is -2.27. The molecule has 0 spiro atoms. The van der Waals surface area contributed by atoms with Crippen LogP contribution in [0.1, 0.15) is 17.7 Å². The maximum absolute atomic E-state index is 14.2. The van der Waals surface area contributed by atoms with Crippen LogP contribution in [-0.4, -0.2) is 71.8 Å². The number of aromatic nitrogens is 1. The summed E-state index contributed by atoms with van der Waals surface area (Å²) in [6, 6.07) is 7.95. The molecule has 1 aliphatic rings. The van der Waals surface area contributed by atoms with Crippen molar-refractivity contribution >= 4 is 44.8 Å². The van der Waals surface area contributed by atoms with Gasteiger partial charge >= 0.3 is 6.09 Å². The van der Waals surface area contributed by atoms with Gasteiger partial charge in [0.05, 0.1) is 16.8 Å². The number of nitrogens with zero attached hydrogens (tertiary/aromatic N) is 3. The number of hydrogen-bond donors (Lipinski definition) is 2. The van der Waals surface area contributed by atoms with Crippen molar-refractivity contribution in [1.82, 2.24) is 14.8 Å². The monoisotopic (exact) mass is 514 g/mol. The van der Waals surface area contributed by atoms with Crippen molar-refractivity contribution in [3.63, 3.8) is 0 Å². The molecule has 0 unspecified atom stereocenters. The predicted molar refractivity (Wildman–Crippen MR) is 136 cm³/mol. The fourth-order valence-electron chi connectivity index (χ4n) is 3.88. The Morgan fingerprint density at radius 1 is 1.25 bits per heavy atom. The third-order valence-electron chi connectivity index (χ3n) is 5.86. The van der Waals surface area contributed by atoms with E-state index in [1.54, 1.807) is 23.2 Å². The molecule has 0 aliphatic carbocycles. The van der Waals surface area contributed by atoms with Crippen LogP contribution in [0.15, 0.2) is 42.6 Å². The van der Waals surface area contributed by atoms with Crippen molar-refractivity contribution in [3.8, 4) is 11.5 Å². The Hall–Kier alpha value is -3.70. The second-order valence-electron chi connectivity index (χ2n) is 8.26. The molecule has 11 heteroatoms. The summed E-state index contributed by atoms with van der Waals surface area (Å²) in [5.74, 6) is -0.0409. The second kappa shape index (κ2) is 11.4. The van der Waals surface area contributed by atoms with E-state index in [1.165, 1.54) is 35.5 Å². The molecule has 0 saturated heterocycles. The molecule has 1 aromatic carbocycles. The van der Waals surface area contributed by atoms with Crippen molar-refractivity contribution in [2.45, 2.75) is 12.8 Å². The van der Waals surface area contributed by atoms with E-state index in [4.69, 9.17) is 15.2 Å². The van der Waals surface area contributed by atoms with Gasteiger partial charge in [0.1, 0.15) is 5.75 Å². The van der Waals surface area contributed by atoms with Gasteiger partial charge in [-0.25, -0.2) is 9.18 Å². The van der Waals surface area contributed by atoms with Crippen molar-refractivity contribution in [3.05, 3.63) is 53.3 Å². The molecule has 0 saturated carbocycles. The van der Waals surface area contributed by atoms with Gasteiger partial charge in [-0.1, -0.05) is 6.08 Å². The van der Waals surface area contributed by atoms with E-state index in [9.17, 15) is 19.1 Å². The number of carboxylic acid groups (broad SMARTS) is 1. The Bertz CT molecular complexity index is 1290. The van der Waals surface area contributed by atoms with E-state index in [2.05, 4.69) is 4.98 Å². The van der Waals surface area contributed by atoms with Crippen LogP contribution in [0.25, 0.3) is 15.8 Å². The number of carbonyl (C=O) groups is 2. The molecule has 190 valence electrons. The van der Waals surface area contributed by atoms with Crippen LogP contribution in [-0.2, 0) is 9.53 Å². The number of nitrogen functional groups attached to an aromatic ring is 1. The fraction of sp³-hybridized carbons (Fsp3) is 0.320. The molecule has 3 N–H and O–H groups in total.